The van der Waals surface area contributed by atoms with E-state index in [2.05, 4.69) is 74.5 Å². The van der Waals surface area contributed by atoms with Crippen molar-refractivity contribution in [2.24, 2.45) is 5.92 Å². The average Bonchev–Trinajstić information content (AvgIpc) is 2.58. The predicted octanol–water partition coefficient (Wildman–Crippen LogP) is 5.62. The van der Waals surface area contributed by atoms with Crippen molar-refractivity contribution in [3.8, 4) is 11.1 Å². The van der Waals surface area contributed by atoms with Gasteiger partial charge in [-0.15, -0.1) is 0 Å². The molecular formula is C22H26O. The van der Waals surface area contributed by atoms with Crippen molar-refractivity contribution < 1.29 is 5.11 Å². The molecule has 0 radical (unpaired) electrons. The summed E-state index contributed by atoms with van der Waals surface area (Å²) in [7, 11) is 0. The summed E-state index contributed by atoms with van der Waals surface area (Å²) in [4.78, 5) is 0. The Morgan fingerprint density at radius 2 is 1.43 bits per heavy atom. The van der Waals surface area contributed by atoms with Crippen molar-refractivity contribution in [2.45, 2.75) is 45.1 Å². The maximum absolute atomic E-state index is 11.0. The maximum Gasteiger partial charge on any atom is 0.0897 e. The van der Waals surface area contributed by atoms with Crippen LogP contribution in [0, 0.1) is 12.8 Å². The maximum atomic E-state index is 11.0. The molecule has 0 atom stereocenters. The Hall–Kier alpha value is -1.86. The van der Waals surface area contributed by atoms with Gasteiger partial charge in [0.2, 0.25) is 0 Å². The molecule has 1 N–H and O–H groups in total. The molecule has 3 rings (SSSR count). The van der Waals surface area contributed by atoms with Gasteiger partial charge in [0.25, 0.3) is 0 Å². The van der Waals surface area contributed by atoms with Crippen molar-refractivity contribution >= 4 is 0 Å². The Kier molecular flexibility index (Phi) is 4.68. The second kappa shape index (κ2) is 6.72. The normalized spacial score (nSPS) is 24.9. The second-order valence-electron chi connectivity index (χ2n) is 6.84. The minimum Gasteiger partial charge on any atom is -0.385 e. The van der Waals surface area contributed by atoms with Gasteiger partial charge in [-0.25, -0.2) is 0 Å². The van der Waals surface area contributed by atoms with Gasteiger partial charge in [-0.3, -0.25) is 0 Å². The molecule has 0 unspecified atom stereocenters. The summed E-state index contributed by atoms with van der Waals surface area (Å²) in [6.07, 6.45) is 8.25. The minimum atomic E-state index is -0.649. The summed E-state index contributed by atoms with van der Waals surface area (Å²) in [6.45, 7) is 4.18. The molecule has 0 bridgehead atoms. The smallest absolute Gasteiger partial charge is 0.0897 e. The zero-order chi connectivity index (χ0) is 16.3. The molecule has 1 saturated carbocycles. The molecule has 0 aromatic heterocycles. The molecule has 1 heteroatoms. The number of aliphatic hydroxyl groups is 1. The Morgan fingerprint density at radius 3 is 1.96 bits per heavy atom. The minimum absolute atomic E-state index is 0.632. The Morgan fingerprint density at radius 1 is 0.913 bits per heavy atom. The zero-order valence-electron chi connectivity index (χ0n) is 14.1. The lowest BCUT2D eigenvalue weighted by Gasteiger charge is -2.35. The highest BCUT2D eigenvalue weighted by atomic mass is 16.3. The number of benzene rings is 2. The Balaban J connectivity index is 1.75. The van der Waals surface area contributed by atoms with E-state index in [9.17, 15) is 5.11 Å². The van der Waals surface area contributed by atoms with Crippen molar-refractivity contribution in [3.05, 3.63) is 71.8 Å². The van der Waals surface area contributed by atoms with Crippen LogP contribution in [-0.2, 0) is 5.60 Å². The predicted molar refractivity (Wildman–Crippen MR) is 97.3 cm³/mol. The van der Waals surface area contributed by atoms with Gasteiger partial charge < -0.3 is 5.11 Å². The molecule has 23 heavy (non-hydrogen) atoms. The van der Waals surface area contributed by atoms with Gasteiger partial charge in [-0.1, -0.05) is 66.2 Å². The summed E-state index contributed by atoms with van der Waals surface area (Å²) < 4.78 is 0. The first-order chi connectivity index (χ1) is 11.1. The van der Waals surface area contributed by atoms with Gasteiger partial charge >= 0.3 is 0 Å². The van der Waals surface area contributed by atoms with Crippen molar-refractivity contribution in [1.29, 1.82) is 0 Å². The molecule has 0 saturated heterocycles. The van der Waals surface area contributed by atoms with E-state index in [1.807, 2.05) is 0 Å². The van der Waals surface area contributed by atoms with Crippen LogP contribution in [-0.4, -0.2) is 5.11 Å². The van der Waals surface area contributed by atoms with Crippen LogP contribution in [0.5, 0.6) is 0 Å². The molecule has 120 valence electrons. The van der Waals surface area contributed by atoms with E-state index in [1.54, 1.807) is 0 Å². The first-order valence-corrected chi connectivity index (χ1v) is 8.63. The monoisotopic (exact) mass is 306 g/mol. The summed E-state index contributed by atoms with van der Waals surface area (Å²) in [5, 5.41) is 11.0. The number of hydrogen-bond donors (Lipinski definition) is 1. The van der Waals surface area contributed by atoms with Gasteiger partial charge in [-0.2, -0.15) is 0 Å². The number of allylic oxidation sites excluding steroid dienone is 2. The summed E-state index contributed by atoms with van der Waals surface area (Å²) in [5.41, 5.74) is 4.12. The van der Waals surface area contributed by atoms with Crippen LogP contribution >= 0.6 is 0 Å². The molecular weight excluding hydrogens is 280 g/mol. The SMILES string of the molecule is C/C=C/C1CCC(O)(c2ccc(-c3ccc(C)cc3)cc2)CC1. The lowest BCUT2D eigenvalue weighted by molar-refractivity contribution is -0.00886. The van der Waals surface area contributed by atoms with Gasteiger partial charge in [0.1, 0.15) is 0 Å². The topological polar surface area (TPSA) is 20.2 Å². The van der Waals surface area contributed by atoms with Gasteiger partial charge in [0.05, 0.1) is 5.60 Å². The molecule has 0 spiro atoms. The van der Waals surface area contributed by atoms with Crippen molar-refractivity contribution in [1.82, 2.24) is 0 Å². The first kappa shape index (κ1) is 16.0. The summed E-state index contributed by atoms with van der Waals surface area (Å²) >= 11 is 0. The Bertz CT molecular complexity index is 656. The second-order valence-corrected chi connectivity index (χ2v) is 6.84. The van der Waals surface area contributed by atoms with Crippen LogP contribution in [0.2, 0.25) is 0 Å². The fourth-order valence-corrected chi connectivity index (χ4v) is 3.59. The van der Waals surface area contributed by atoms with Crippen LogP contribution in [0.25, 0.3) is 11.1 Å². The van der Waals surface area contributed by atoms with E-state index in [0.29, 0.717) is 5.92 Å². The highest BCUT2D eigenvalue weighted by Crippen LogP contribution is 2.40. The third kappa shape index (κ3) is 3.56. The van der Waals surface area contributed by atoms with Crippen molar-refractivity contribution in [3.63, 3.8) is 0 Å². The summed E-state index contributed by atoms with van der Waals surface area (Å²) in [5.74, 6) is 0.632. The van der Waals surface area contributed by atoms with E-state index < -0.39 is 5.60 Å². The van der Waals surface area contributed by atoms with Gasteiger partial charge in [0.15, 0.2) is 0 Å². The molecule has 1 aliphatic rings. The number of rotatable bonds is 3. The third-order valence-electron chi connectivity index (χ3n) is 5.13. The van der Waals surface area contributed by atoms with E-state index in [0.717, 1.165) is 31.2 Å². The van der Waals surface area contributed by atoms with Crippen molar-refractivity contribution in [2.75, 3.05) is 0 Å². The van der Waals surface area contributed by atoms with Crippen LogP contribution in [0.4, 0.5) is 0 Å². The first-order valence-electron chi connectivity index (χ1n) is 8.63. The van der Waals surface area contributed by atoms with Gasteiger partial charge in [0, 0.05) is 0 Å². The Labute approximate surface area is 139 Å². The number of aryl methyl sites for hydroxylation is 1. The fraction of sp³-hybridized carbons (Fsp3) is 0.364. The molecule has 2 aromatic rings. The highest BCUT2D eigenvalue weighted by molar-refractivity contribution is 5.64. The largest absolute Gasteiger partial charge is 0.385 e. The molecule has 0 amide bonds. The molecule has 2 aromatic carbocycles. The van der Waals surface area contributed by atoms with Gasteiger partial charge in [-0.05, 0) is 62.1 Å². The van der Waals surface area contributed by atoms with E-state index in [4.69, 9.17) is 0 Å². The molecule has 1 aliphatic carbocycles. The standard InChI is InChI=1S/C22H26O/c1-3-4-18-13-15-22(23,16-14-18)21-11-9-20(10-12-21)19-7-5-17(2)6-8-19/h3-12,18,23H,13-16H2,1-2H3/b4-3+. The lowest BCUT2D eigenvalue weighted by Crippen LogP contribution is -2.31. The van der Waals surface area contributed by atoms with Crippen LogP contribution in [0.3, 0.4) is 0 Å². The van der Waals surface area contributed by atoms with E-state index in [-0.39, 0.29) is 0 Å². The zero-order valence-corrected chi connectivity index (χ0v) is 14.1. The highest BCUT2D eigenvalue weighted by Gasteiger charge is 2.33. The third-order valence-corrected chi connectivity index (χ3v) is 5.13. The summed E-state index contributed by atoms with van der Waals surface area (Å²) in [6, 6.07) is 17.1. The average molecular weight is 306 g/mol. The molecule has 1 fully saturated rings. The van der Waals surface area contributed by atoms with Crippen LogP contribution in [0.1, 0.15) is 43.7 Å². The van der Waals surface area contributed by atoms with Crippen LogP contribution in [0.15, 0.2) is 60.7 Å². The fourth-order valence-electron chi connectivity index (χ4n) is 3.59. The molecule has 0 aliphatic heterocycles. The molecule has 1 nitrogen and oxygen atoms in total. The van der Waals surface area contributed by atoms with Crippen LogP contribution < -0.4 is 0 Å². The molecule has 0 heterocycles. The van der Waals surface area contributed by atoms with E-state index >= 15 is 0 Å². The van der Waals surface area contributed by atoms with E-state index in [1.165, 1.54) is 16.7 Å². The lowest BCUT2D eigenvalue weighted by atomic mass is 9.75. The quantitative estimate of drug-likeness (QED) is 0.730. The number of hydrogen-bond acceptors (Lipinski definition) is 1.